The molecule has 0 heterocycles. The van der Waals surface area contributed by atoms with E-state index in [1.165, 1.54) is 24.4 Å². The molecule has 3 unspecified atom stereocenters. The second-order valence-electron chi connectivity index (χ2n) is 19.6. The van der Waals surface area contributed by atoms with Gasteiger partial charge >= 0.3 is 0 Å². The maximum atomic E-state index is 15.2. The molecule has 2 aromatic rings. The third-order valence-corrected chi connectivity index (χ3v) is 14.0. The topological polar surface area (TPSA) is 209 Å². The summed E-state index contributed by atoms with van der Waals surface area (Å²) < 4.78 is 27.7. The largest absolute Gasteiger partial charge is 0.380 e. The number of rotatable bonds is 33. The molecule has 3 atom stereocenters. The number of methoxy groups -OCH3 is 1. The standard InChI is InChI=1S/C63H82ClFN8O8S/c1-13-23-49(43(8)40(5)30-51(48(15-3)16-4)52(37-80-12)44(9)74)61-54(29-28-50-60(61)41(6)31-53(65)62(50)64)71-59(78)38-81-39-70-57(76)35-69-63(79)55(32-47-26-21-18-22-27-47)72-58(77)36-68-56(75)34-66-42(7)24-19-17-20-25-46(14-2)33-67-45(10)73(11)82/h14-15,18,21-22,26-27,30-31,33,48,54-55,66,82H,3,7-8,10,13,16-17,19,23-24,28-29,32,34-39H2,1-2,4-6,9,11-12H3,(H,68,75)(H,69,79)(H,70,76)(H,71,78)(H,72,77)/b40-30+,46-14-,52-51+,61-49-,67-33-. The third-order valence-electron chi connectivity index (χ3n) is 13.3. The number of allylic oxidation sites excluding steroid dienone is 9. The van der Waals surface area contributed by atoms with E-state index in [-0.39, 0.29) is 43.0 Å². The summed E-state index contributed by atoms with van der Waals surface area (Å²) in [7, 11) is 3.26. The molecule has 1 aliphatic carbocycles. The third kappa shape index (κ3) is 22.6. The molecule has 19 heteroatoms. The number of nitrogens with zero attached hydrogens (tertiary/aromatic N) is 2. The number of hydrogen-bond acceptors (Lipinski definition) is 12. The van der Waals surface area contributed by atoms with E-state index in [9.17, 15) is 28.8 Å². The number of halogens is 2. The smallest absolute Gasteiger partial charge is 0.246 e. The maximum Gasteiger partial charge on any atom is 0.246 e. The Labute approximate surface area is 494 Å². The SMILES string of the molecule is C=CC(CC)C(/C=C(\C)C(=C)/C(CCC)=C1\c2c(C)cc(F)c(Cl)c2CCC1NC(=O)COCNC(=O)CNC(=O)C(Cc1ccccc1)NC(=O)CNC(=O)CNC(=C)CCCC#CC(/C=N\C(=C)N(C)S)=C/C)=C(\COC)C(C)=O. The van der Waals surface area contributed by atoms with Gasteiger partial charge in [0, 0.05) is 56.0 Å². The summed E-state index contributed by atoms with van der Waals surface area (Å²) in [5.74, 6) is 2.95. The predicted molar refractivity (Wildman–Crippen MR) is 329 cm³/mol. The molecule has 5 amide bonds. The van der Waals surface area contributed by atoms with Crippen LogP contribution in [0, 0.1) is 30.5 Å². The number of benzene rings is 2. The molecule has 0 saturated heterocycles. The lowest BCUT2D eigenvalue weighted by atomic mass is 9.76. The van der Waals surface area contributed by atoms with Crippen molar-refractivity contribution in [2.75, 3.05) is 53.7 Å². The first-order valence-corrected chi connectivity index (χ1v) is 28.1. The Hall–Kier alpha value is -7.30. The minimum Gasteiger partial charge on any atom is -0.380 e. The Kier molecular flexibility index (Phi) is 30.5. The first kappa shape index (κ1) is 69.0. The molecule has 0 aromatic heterocycles. The molecule has 6 N–H and O–H groups in total. The highest BCUT2D eigenvalue weighted by Crippen LogP contribution is 2.43. The number of carbonyl (C=O) groups excluding carboxylic acids is 6. The zero-order valence-electron chi connectivity index (χ0n) is 48.8. The van der Waals surface area contributed by atoms with Gasteiger partial charge in [0.2, 0.25) is 29.5 Å². The van der Waals surface area contributed by atoms with Crippen LogP contribution in [0.15, 0.2) is 131 Å². The molecule has 0 fully saturated rings. The van der Waals surface area contributed by atoms with E-state index in [4.69, 9.17) is 21.1 Å². The number of ether oxygens (including phenoxy) is 2. The lowest BCUT2D eigenvalue weighted by molar-refractivity contribution is -0.131. The van der Waals surface area contributed by atoms with E-state index in [0.717, 1.165) is 39.0 Å². The molecule has 0 spiro atoms. The van der Waals surface area contributed by atoms with Gasteiger partial charge in [0.25, 0.3) is 0 Å². The summed E-state index contributed by atoms with van der Waals surface area (Å²) in [6, 6.07) is 8.68. The summed E-state index contributed by atoms with van der Waals surface area (Å²) in [4.78, 5) is 83.0. The fourth-order valence-electron chi connectivity index (χ4n) is 8.93. The number of aliphatic imine (C=N–C) groups is 1. The van der Waals surface area contributed by atoms with Crippen LogP contribution in [0.25, 0.3) is 5.57 Å². The first-order chi connectivity index (χ1) is 39.1. The fraction of sp³-hybridized carbons (Fsp3) is 0.413. The average Bonchev–Trinajstić information content (AvgIpc) is 3.49. The number of unbranched alkanes of at least 4 members (excludes halogenated alkanes) is 1. The summed E-state index contributed by atoms with van der Waals surface area (Å²) in [5, 5.41) is 16.4. The average molecular weight is 1170 g/mol. The van der Waals surface area contributed by atoms with E-state index >= 15 is 4.39 Å². The van der Waals surface area contributed by atoms with Crippen LogP contribution >= 0.6 is 24.4 Å². The minimum absolute atomic E-state index is 0.0166. The minimum atomic E-state index is -1.11. The molecule has 1 aliphatic rings. The molecular weight excluding hydrogens is 1080 g/mol. The molecule has 0 radical (unpaired) electrons. The Morgan fingerprint density at radius 1 is 0.963 bits per heavy atom. The number of carbonyl (C=O) groups is 6. The maximum absolute atomic E-state index is 15.2. The number of nitrogens with one attached hydrogen (secondary N) is 6. The van der Waals surface area contributed by atoms with Gasteiger partial charge in [0.15, 0.2) is 5.78 Å². The molecule has 2 aromatic carbocycles. The summed E-state index contributed by atoms with van der Waals surface area (Å²) in [6.45, 7) is 25.8. The number of fused-ring (bicyclic) bond motifs is 1. The molecule has 442 valence electrons. The van der Waals surface area contributed by atoms with Gasteiger partial charge in [-0.05, 0) is 122 Å². The zero-order valence-corrected chi connectivity index (χ0v) is 50.5. The normalized spacial score (nSPS) is 14.8. The van der Waals surface area contributed by atoms with Crippen LogP contribution < -0.4 is 31.9 Å². The number of Topliss-reactive ketones (excluding diaryl/α,β-unsaturated/α-hetero) is 1. The number of amides is 5. The Balaban J connectivity index is 1.63. The van der Waals surface area contributed by atoms with Crippen molar-refractivity contribution in [3.63, 3.8) is 0 Å². The van der Waals surface area contributed by atoms with Crippen LogP contribution in [0.1, 0.15) is 102 Å². The van der Waals surface area contributed by atoms with Crippen LogP contribution in [0.3, 0.4) is 0 Å². The van der Waals surface area contributed by atoms with Gasteiger partial charge in [-0.15, -0.1) is 6.58 Å². The van der Waals surface area contributed by atoms with Crippen LogP contribution in [0.2, 0.25) is 5.02 Å². The Bertz CT molecular complexity index is 2900. The van der Waals surface area contributed by atoms with Crippen molar-refractivity contribution in [3.05, 3.63) is 159 Å². The number of hydrogen-bond donors (Lipinski definition) is 7. The second-order valence-corrected chi connectivity index (χ2v) is 20.6. The molecule has 3 rings (SSSR count). The lowest BCUT2D eigenvalue weighted by Gasteiger charge is -2.34. The Morgan fingerprint density at radius 2 is 1.65 bits per heavy atom. The fourth-order valence-corrected chi connectivity index (χ4v) is 9.22. The molecule has 16 nitrogen and oxygen atoms in total. The number of aryl methyl sites for hydroxylation is 1. The van der Waals surface area contributed by atoms with Gasteiger partial charge in [-0.1, -0.05) is 125 Å². The van der Waals surface area contributed by atoms with Gasteiger partial charge in [0.1, 0.15) is 31.0 Å². The van der Waals surface area contributed by atoms with E-state index in [1.54, 1.807) is 44.5 Å². The number of ketones is 1. The quantitative estimate of drug-likeness (QED) is 0.00529. The van der Waals surface area contributed by atoms with E-state index < -0.39 is 67.1 Å². The van der Waals surface area contributed by atoms with Crippen LogP contribution in [0.5, 0.6) is 0 Å². The molecular formula is C63H82ClFN8O8S. The van der Waals surface area contributed by atoms with Gasteiger partial charge < -0.3 is 45.7 Å². The van der Waals surface area contributed by atoms with E-state index in [0.29, 0.717) is 85.2 Å². The second kappa shape index (κ2) is 36.2. The van der Waals surface area contributed by atoms with Gasteiger partial charge in [-0.25, -0.2) is 9.38 Å². The van der Waals surface area contributed by atoms with Gasteiger partial charge in [0.05, 0.1) is 37.3 Å². The molecule has 0 bridgehead atoms. The van der Waals surface area contributed by atoms with Crippen molar-refractivity contribution in [1.82, 2.24) is 36.2 Å². The number of thiol groups is 1. The van der Waals surface area contributed by atoms with Gasteiger partial charge in [-0.2, -0.15) is 0 Å². The monoisotopic (exact) mass is 1160 g/mol. The predicted octanol–water partition coefficient (Wildman–Crippen LogP) is 8.61. The van der Waals surface area contributed by atoms with Crippen molar-refractivity contribution in [2.24, 2.45) is 10.9 Å². The van der Waals surface area contributed by atoms with Gasteiger partial charge in [-0.3, -0.25) is 28.8 Å². The van der Waals surface area contributed by atoms with Crippen molar-refractivity contribution in [1.29, 1.82) is 0 Å². The van der Waals surface area contributed by atoms with Crippen molar-refractivity contribution in [3.8, 4) is 11.8 Å². The highest BCUT2D eigenvalue weighted by molar-refractivity contribution is 7.77. The van der Waals surface area contributed by atoms with Crippen LogP contribution in [-0.4, -0.2) is 112 Å². The summed E-state index contributed by atoms with van der Waals surface area (Å²) in [5.41, 5.74) is 8.45. The van der Waals surface area contributed by atoms with Crippen molar-refractivity contribution < 1.29 is 42.6 Å². The first-order valence-electron chi connectivity index (χ1n) is 27.3. The van der Waals surface area contributed by atoms with E-state index in [1.807, 2.05) is 52.0 Å². The van der Waals surface area contributed by atoms with Crippen LogP contribution in [-0.2, 0) is 51.1 Å². The highest BCUT2D eigenvalue weighted by atomic mass is 35.5. The Morgan fingerprint density at radius 3 is 2.28 bits per heavy atom. The zero-order chi connectivity index (χ0) is 60.9. The summed E-state index contributed by atoms with van der Waals surface area (Å²) >= 11 is 10.8. The lowest BCUT2D eigenvalue weighted by Crippen LogP contribution is -2.52. The van der Waals surface area contributed by atoms with Crippen LogP contribution in [0.4, 0.5) is 4.39 Å². The molecule has 82 heavy (non-hydrogen) atoms. The van der Waals surface area contributed by atoms with E-state index in [2.05, 4.69) is 87.9 Å². The van der Waals surface area contributed by atoms with Crippen molar-refractivity contribution in [2.45, 2.75) is 111 Å². The highest BCUT2D eigenvalue weighted by Gasteiger charge is 2.33. The van der Waals surface area contributed by atoms with Crippen molar-refractivity contribution >= 4 is 71.5 Å². The molecule has 0 saturated carbocycles. The summed E-state index contributed by atoms with van der Waals surface area (Å²) in [6.07, 6.45) is 11.8. The molecule has 0 aliphatic heterocycles.